The maximum absolute atomic E-state index is 12.3. The van der Waals surface area contributed by atoms with Gasteiger partial charge >= 0.3 is 0 Å². The van der Waals surface area contributed by atoms with E-state index in [0.29, 0.717) is 17.1 Å². The molecule has 1 aliphatic carbocycles. The van der Waals surface area contributed by atoms with Gasteiger partial charge in [0.05, 0.1) is 5.02 Å². The molecule has 0 spiro atoms. The zero-order valence-corrected chi connectivity index (χ0v) is 13.1. The zero-order chi connectivity index (χ0) is 14.3. The minimum atomic E-state index is -3.61. The van der Waals surface area contributed by atoms with E-state index in [2.05, 4.69) is 10.0 Å². The van der Waals surface area contributed by atoms with Crippen LogP contribution in [0.4, 0.5) is 0 Å². The van der Waals surface area contributed by atoms with Crippen molar-refractivity contribution in [3.63, 3.8) is 0 Å². The van der Waals surface area contributed by atoms with Crippen LogP contribution in [0.1, 0.15) is 25.3 Å². The molecule has 2 rings (SSSR count). The Labute approximate surface area is 123 Å². The molecule has 7 heteroatoms. The second-order valence-electron chi connectivity index (χ2n) is 5.03. The maximum atomic E-state index is 12.3. The van der Waals surface area contributed by atoms with Gasteiger partial charge in [-0.25, -0.2) is 13.1 Å². The number of hydrogen-bond acceptors (Lipinski definition) is 3. The fourth-order valence-corrected chi connectivity index (χ4v) is 4.17. The maximum Gasteiger partial charge on any atom is 0.242 e. The lowest BCUT2D eigenvalue weighted by atomic mass is 10.2. The van der Waals surface area contributed by atoms with E-state index in [-0.39, 0.29) is 15.5 Å². The third-order valence-electron chi connectivity index (χ3n) is 3.17. The number of nitrogens with one attached hydrogen (secondary N) is 2. The largest absolute Gasteiger partial charge is 0.316 e. The van der Waals surface area contributed by atoms with Crippen molar-refractivity contribution in [2.75, 3.05) is 7.05 Å². The summed E-state index contributed by atoms with van der Waals surface area (Å²) < 4.78 is 27.3. The second-order valence-corrected chi connectivity index (χ2v) is 7.47. The summed E-state index contributed by atoms with van der Waals surface area (Å²) in [7, 11) is -1.86. The molecule has 0 saturated heterocycles. The molecule has 1 saturated carbocycles. The van der Waals surface area contributed by atoms with Crippen molar-refractivity contribution < 1.29 is 8.42 Å². The van der Waals surface area contributed by atoms with E-state index in [1.807, 2.05) is 6.92 Å². The van der Waals surface area contributed by atoms with Gasteiger partial charge in [0.15, 0.2) is 0 Å². The minimum absolute atomic E-state index is 0.0805. The SMILES string of the molecule is CNCc1c(Cl)ccc(S(=O)(=O)NC2(C)CC2)c1Cl. The molecule has 1 aliphatic rings. The number of benzene rings is 1. The summed E-state index contributed by atoms with van der Waals surface area (Å²) in [5, 5.41) is 3.55. The molecule has 0 atom stereocenters. The van der Waals surface area contributed by atoms with Crippen molar-refractivity contribution >= 4 is 33.2 Å². The summed E-state index contributed by atoms with van der Waals surface area (Å²) in [6, 6.07) is 3.00. The van der Waals surface area contributed by atoms with E-state index in [1.54, 1.807) is 13.1 Å². The van der Waals surface area contributed by atoms with Gasteiger partial charge in [0.2, 0.25) is 10.0 Å². The lowest BCUT2D eigenvalue weighted by Gasteiger charge is -2.15. The molecular weight excluding hydrogens is 307 g/mol. The summed E-state index contributed by atoms with van der Waals surface area (Å²) >= 11 is 12.2. The van der Waals surface area contributed by atoms with Gasteiger partial charge in [0, 0.05) is 22.7 Å². The Morgan fingerprint density at radius 2 is 1.95 bits per heavy atom. The van der Waals surface area contributed by atoms with Crippen LogP contribution in [0.2, 0.25) is 10.0 Å². The second kappa shape index (κ2) is 5.22. The van der Waals surface area contributed by atoms with Gasteiger partial charge < -0.3 is 5.32 Å². The molecule has 0 bridgehead atoms. The quantitative estimate of drug-likeness (QED) is 0.875. The Bertz CT molecular complexity index is 598. The highest BCUT2D eigenvalue weighted by molar-refractivity contribution is 7.89. The van der Waals surface area contributed by atoms with Crippen LogP contribution in [0.5, 0.6) is 0 Å². The molecule has 0 unspecified atom stereocenters. The molecule has 2 N–H and O–H groups in total. The van der Waals surface area contributed by atoms with Gasteiger partial charge in [-0.05, 0) is 38.9 Å². The molecule has 1 aromatic rings. The first-order chi connectivity index (χ1) is 8.79. The third kappa shape index (κ3) is 3.23. The van der Waals surface area contributed by atoms with Crippen molar-refractivity contribution in [3.05, 3.63) is 27.7 Å². The highest BCUT2D eigenvalue weighted by Gasteiger charge is 2.41. The Kier molecular flexibility index (Phi) is 4.14. The molecule has 106 valence electrons. The Morgan fingerprint density at radius 1 is 1.32 bits per heavy atom. The fraction of sp³-hybridized carbons (Fsp3) is 0.500. The molecule has 0 aliphatic heterocycles. The van der Waals surface area contributed by atoms with E-state index in [0.717, 1.165) is 12.8 Å². The van der Waals surface area contributed by atoms with Crippen LogP contribution >= 0.6 is 23.2 Å². The first-order valence-corrected chi connectivity index (χ1v) is 8.18. The Morgan fingerprint density at radius 3 is 2.47 bits per heavy atom. The molecule has 0 amide bonds. The summed E-state index contributed by atoms with van der Waals surface area (Å²) in [6.07, 6.45) is 1.70. The van der Waals surface area contributed by atoms with E-state index < -0.39 is 10.0 Å². The summed E-state index contributed by atoms with van der Waals surface area (Å²) in [5.41, 5.74) is 0.264. The summed E-state index contributed by atoms with van der Waals surface area (Å²) in [5.74, 6) is 0. The van der Waals surface area contributed by atoms with E-state index in [1.165, 1.54) is 6.07 Å². The number of halogens is 2. The standard InChI is InChI=1S/C12H16Cl2N2O2S/c1-12(5-6-12)16-19(17,18)10-4-3-9(13)8(7-15-2)11(10)14/h3-4,15-16H,5-7H2,1-2H3. The highest BCUT2D eigenvalue weighted by atomic mass is 35.5. The summed E-state index contributed by atoms with van der Waals surface area (Å²) in [4.78, 5) is 0.0805. The van der Waals surface area contributed by atoms with Crippen LogP contribution in [0.25, 0.3) is 0 Å². The van der Waals surface area contributed by atoms with Crippen molar-refractivity contribution in [3.8, 4) is 0 Å². The van der Waals surface area contributed by atoms with E-state index in [9.17, 15) is 8.42 Å². The number of rotatable bonds is 5. The first-order valence-electron chi connectivity index (χ1n) is 5.94. The molecule has 0 radical (unpaired) electrons. The van der Waals surface area contributed by atoms with Gasteiger partial charge in [0.25, 0.3) is 0 Å². The minimum Gasteiger partial charge on any atom is -0.316 e. The van der Waals surface area contributed by atoms with E-state index in [4.69, 9.17) is 23.2 Å². The monoisotopic (exact) mass is 322 g/mol. The van der Waals surface area contributed by atoms with Crippen LogP contribution in [-0.4, -0.2) is 21.0 Å². The fourth-order valence-electron chi connectivity index (χ4n) is 1.79. The summed E-state index contributed by atoms with van der Waals surface area (Å²) in [6.45, 7) is 2.29. The van der Waals surface area contributed by atoms with Crippen molar-refractivity contribution in [1.29, 1.82) is 0 Å². The Hall–Kier alpha value is -0.330. The predicted molar refractivity (Wildman–Crippen MR) is 77.2 cm³/mol. The van der Waals surface area contributed by atoms with Gasteiger partial charge in [0.1, 0.15) is 4.90 Å². The van der Waals surface area contributed by atoms with Crippen LogP contribution in [-0.2, 0) is 16.6 Å². The number of sulfonamides is 1. The topological polar surface area (TPSA) is 58.2 Å². The molecule has 0 heterocycles. The zero-order valence-electron chi connectivity index (χ0n) is 10.8. The van der Waals surface area contributed by atoms with Crippen molar-refractivity contribution in [1.82, 2.24) is 10.0 Å². The highest BCUT2D eigenvalue weighted by Crippen LogP contribution is 2.38. The molecule has 0 aromatic heterocycles. The average Bonchev–Trinajstić information content (AvgIpc) is 3.00. The van der Waals surface area contributed by atoms with Gasteiger partial charge in [-0.15, -0.1) is 0 Å². The van der Waals surface area contributed by atoms with Crippen LogP contribution in [0.3, 0.4) is 0 Å². The molecule has 4 nitrogen and oxygen atoms in total. The third-order valence-corrected chi connectivity index (χ3v) is 5.75. The average molecular weight is 323 g/mol. The van der Waals surface area contributed by atoms with Crippen molar-refractivity contribution in [2.45, 2.75) is 36.7 Å². The van der Waals surface area contributed by atoms with Crippen LogP contribution in [0.15, 0.2) is 17.0 Å². The van der Waals surface area contributed by atoms with Gasteiger partial charge in [-0.2, -0.15) is 0 Å². The van der Waals surface area contributed by atoms with Crippen molar-refractivity contribution in [2.24, 2.45) is 0 Å². The molecule has 1 fully saturated rings. The first kappa shape index (κ1) is 15.1. The Balaban J connectivity index is 2.42. The van der Waals surface area contributed by atoms with Crippen LogP contribution in [0, 0.1) is 0 Å². The normalized spacial score (nSPS) is 17.5. The molecule has 19 heavy (non-hydrogen) atoms. The van der Waals surface area contributed by atoms with Gasteiger partial charge in [-0.1, -0.05) is 23.2 Å². The van der Waals surface area contributed by atoms with Gasteiger partial charge in [-0.3, -0.25) is 0 Å². The lowest BCUT2D eigenvalue weighted by Crippen LogP contribution is -2.34. The number of hydrogen-bond donors (Lipinski definition) is 2. The molecular formula is C12H16Cl2N2O2S. The lowest BCUT2D eigenvalue weighted by molar-refractivity contribution is 0.558. The predicted octanol–water partition coefficient (Wildman–Crippen LogP) is 2.54. The van der Waals surface area contributed by atoms with E-state index >= 15 is 0 Å². The van der Waals surface area contributed by atoms with Crippen LogP contribution < -0.4 is 10.0 Å². The smallest absolute Gasteiger partial charge is 0.242 e. The molecule has 1 aromatic carbocycles.